The minimum Gasteiger partial charge on any atom is -0.340 e. The highest BCUT2D eigenvalue weighted by atomic mass is 16.2. The van der Waals surface area contributed by atoms with Crippen LogP contribution < -0.4 is 0 Å². The van der Waals surface area contributed by atoms with Gasteiger partial charge in [-0.2, -0.15) is 0 Å². The van der Waals surface area contributed by atoms with Crippen molar-refractivity contribution in [3.8, 4) is 0 Å². The Balaban J connectivity index is 1.79. The molecule has 23 heavy (non-hydrogen) atoms. The average Bonchev–Trinajstić information content (AvgIpc) is 3.03. The zero-order chi connectivity index (χ0) is 16.8. The minimum atomic E-state index is 0.209. The van der Waals surface area contributed by atoms with Crippen LogP contribution in [-0.4, -0.2) is 58.0 Å². The van der Waals surface area contributed by atoms with E-state index in [4.69, 9.17) is 0 Å². The van der Waals surface area contributed by atoms with Gasteiger partial charge in [0.05, 0.1) is 0 Å². The summed E-state index contributed by atoms with van der Waals surface area (Å²) in [6, 6.07) is 0. The van der Waals surface area contributed by atoms with Crippen molar-refractivity contribution in [1.29, 1.82) is 0 Å². The van der Waals surface area contributed by atoms with Gasteiger partial charge in [-0.05, 0) is 12.8 Å². The fourth-order valence-electron chi connectivity index (χ4n) is 3.35. The van der Waals surface area contributed by atoms with Crippen LogP contribution in [0.1, 0.15) is 52.3 Å². The lowest BCUT2D eigenvalue weighted by atomic mass is 10.0. The van der Waals surface area contributed by atoms with E-state index in [-0.39, 0.29) is 5.92 Å². The molecule has 130 valence electrons. The number of aromatic nitrogens is 2. The van der Waals surface area contributed by atoms with Crippen LogP contribution in [0.25, 0.3) is 0 Å². The highest BCUT2D eigenvalue weighted by Crippen LogP contribution is 2.15. The first-order valence-corrected chi connectivity index (χ1v) is 9.08. The standard InChI is InChI=1S/C18H32N4O/c1-5-16(6-2)18(23)22-13-10-20(11-14-22)9-12-21-8-7-19-17(21)15(3)4/h7-8,15-16H,5-6,9-14H2,1-4H3. The SMILES string of the molecule is CCC(CC)C(=O)N1CCN(CCn2ccnc2C(C)C)CC1. The molecule has 0 aliphatic carbocycles. The Kier molecular flexibility index (Phi) is 6.63. The number of carbonyl (C=O) groups excluding carboxylic acids is 1. The largest absolute Gasteiger partial charge is 0.340 e. The molecule has 0 aromatic carbocycles. The van der Waals surface area contributed by atoms with E-state index in [0.717, 1.165) is 57.9 Å². The number of hydrogen-bond donors (Lipinski definition) is 0. The number of piperazine rings is 1. The van der Waals surface area contributed by atoms with Gasteiger partial charge < -0.3 is 9.47 Å². The van der Waals surface area contributed by atoms with Gasteiger partial charge in [0.25, 0.3) is 0 Å². The summed E-state index contributed by atoms with van der Waals surface area (Å²) in [6.07, 6.45) is 5.87. The molecule has 2 rings (SSSR count). The fourth-order valence-corrected chi connectivity index (χ4v) is 3.35. The lowest BCUT2D eigenvalue weighted by Gasteiger charge is -2.36. The van der Waals surface area contributed by atoms with Crippen molar-refractivity contribution in [2.45, 2.75) is 53.0 Å². The molecule has 1 amide bonds. The Labute approximate surface area is 140 Å². The Hall–Kier alpha value is -1.36. The molecule has 1 aromatic heterocycles. The molecule has 0 unspecified atom stereocenters. The molecule has 0 bridgehead atoms. The van der Waals surface area contributed by atoms with Gasteiger partial charge in [0.2, 0.25) is 5.91 Å². The van der Waals surface area contributed by atoms with E-state index in [1.165, 1.54) is 0 Å². The molecule has 1 aliphatic rings. The van der Waals surface area contributed by atoms with Crippen molar-refractivity contribution in [3.63, 3.8) is 0 Å². The fraction of sp³-hybridized carbons (Fsp3) is 0.778. The number of rotatable bonds is 7. The predicted molar refractivity (Wildman–Crippen MR) is 93.4 cm³/mol. The van der Waals surface area contributed by atoms with E-state index in [0.29, 0.717) is 11.8 Å². The highest BCUT2D eigenvalue weighted by molar-refractivity contribution is 5.78. The monoisotopic (exact) mass is 320 g/mol. The van der Waals surface area contributed by atoms with Crippen LogP contribution >= 0.6 is 0 Å². The molecule has 5 nitrogen and oxygen atoms in total. The third-order valence-corrected chi connectivity index (χ3v) is 4.94. The maximum absolute atomic E-state index is 12.4. The van der Waals surface area contributed by atoms with Gasteiger partial charge in [-0.25, -0.2) is 4.98 Å². The molecule has 0 N–H and O–H groups in total. The Morgan fingerprint density at radius 1 is 1.13 bits per heavy atom. The van der Waals surface area contributed by atoms with Crippen molar-refractivity contribution < 1.29 is 4.79 Å². The number of imidazole rings is 1. The molecule has 0 saturated carbocycles. The summed E-state index contributed by atoms with van der Waals surface area (Å²) in [5.41, 5.74) is 0. The molecule has 1 saturated heterocycles. The van der Waals surface area contributed by atoms with Gasteiger partial charge in [-0.1, -0.05) is 27.7 Å². The topological polar surface area (TPSA) is 41.4 Å². The first-order chi connectivity index (χ1) is 11.1. The number of amides is 1. The molecule has 1 fully saturated rings. The third-order valence-electron chi connectivity index (χ3n) is 4.94. The summed E-state index contributed by atoms with van der Waals surface area (Å²) in [4.78, 5) is 21.4. The van der Waals surface area contributed by atoms with Crippen LogP contribution in [0.2, 0.25) is 0 Å². The van der Waals surface area contributed by atoms with Crippen LogP contribution in [0.5, 0.6) is 0 Å². The zero-order valence-electron chi connectivity index (χ0n) is 15.2. The summed E-state index contributed by atoms with van der Waals surface area (Å²) < 4.78 is 2.26. The molecular weight excluding hydrogens is 288 g/mol. The van der Waals surface area contributed by atoms with Gasteiger partial charge in [0, 0.05) is 63.5 Å². The average molecular weight is 320 g/mol. The minimum absolute atomic E-state index is 0.209. The Bertz CT molecular complexity index is 485. The van der Waals surface area contributed by atoms with Crippen molar-refractivity contribution >= 4 is 5.91 Å². The molecule has 0 atom stereocenters. The quantitative estimate of drug-likeness (QED) is 0.775. The van der Waals surface area contributed by atoms with Gasteiger partial charge >= 0.3 is 0 Å². The van der Waals surface area contributed by atoms with Gasteiger partial charge in [-0.15, -0.1) is 0 Å². The normalized spacial score (nSPS) is 16.5. The molecule has 1 aromatic rings. The zero-order valence-corrected chi connectivity index (χ0v) is 15.2. The lowest BCUT2D eigenvalue weighted by molar-refractivity contribution is -0.137. The van der Waals surface area contributed by atoms with Crippen LogP contribution in [-0.2, 0) is 11.3 Å². The van der Waals surface area contributed by atoms with E-state index >= 15 is 0 Å². The summed E-state index contributed by atoms with van der Waals surface area (Å²) in [5, 5.41) is 0. The van der Waals surface area contributed by atoms with E-state index in [1.54, 1.807) is 0 Å². The van der Waals surface area contributed by atoms with Gasteiger partial charge in [0.1, 0.15) is 5.82 Å². The summed E-state index contributed by atoms with van der Waals surface area (Å²) >= 11 is 0. The van der Waals surface area contributed by atoms with E-state index in [1.807, 2.05) is 6.20 Å². The molecular formula is C18H32N4O. The van der Waals surface area contributed by atoms with Gasteiger partial charge in [-0.3, -0.25) is 9.69 Å². The van der Waals surface area contributed by atoms with Crippen molar-refractivity contribution in [3.05, 3.63) is 18.2 Å². The number of nitrogens with zero attached hydrogens (tertiary/aromatic N) is 4. The van der Waals surface area contributed by atoms with Crippen LogP contribution in [0.3, 0.4) is 0 Å². The van der Waals surface area contributed by atoms with Crippen LogP contribution in [0.4, 0.5) is 0 Å². The van der Waals surface area contributed by atoms with Crippen molar-refractivity contribution in [2.24, 2.45) is 5.92 Å². The molecule has 0 radical (unpaired) electrons. The van der Waals surface area contributed by atoms with E-state index < -0.39 is 0 Å². The lowest BCUT2D eigenvalue weighted by Crippen LogP contribution is -2.50. The van der Waals surface area contributed by atoms with Crippen molar-refractivity contribution in [1.82, 2.24) is 19.4 Å². The number of hydrogen-bond acceptors (Lipinski definition) is 3. The van der Waals surface area contributed by atoms with Gasteiger partial charge in [0.15, 0.2) is 0 Å². The van der Waals surface area contributed by atoms with E-state index in [9.17, 15) is 4.79 Å². The maximum atomic E-state index is 12.4. The Morgan fingerprint density at radius 3 is 2.35 bits per heavy atom. The smallest absolute Gasteiger partial charge is 0.225 e. The molecule has 0 spiro atoms. The van der Waals surface area contributed by atoms with Crippen LogP contribution in [0, 0.1) is 5.92 Å². The van der Waals surface area contributed by atoms with Crippen molar-refractivity contribution in [2.75, 3.05) is 32.7 Å². The maximum Gasteiger partial charge on any atom is 0.225 e. The molecule has 2 heterocycles. The second-order valence-electron chi connectivity index (χ2n) is 6.81. The number of carbonyl (C=O) groups is 1. The third kappa shape index (κ3) is 4.56. The Morgan fingerprint density at radius 2 is 1.78 bits per heavy atom. The van der Waals surface area contributed by atoms with Crippen LogP contribution in [0.15, 0.2) is 12.4 Å². The van der Waals surface area contributed by atoms with E-state index in [2.05, 4.69) is 53.2 Å². The predicted octanol–water partition coefficient (Wildman–Crippen LogP) is 2.59. The highest BCUT2D eigenvalue weighted by Gasteiger charge is 2.25. The first kappa shape index (κ1) is 18.0. The summed E-state index contributed by atoms with van der Waals surface area (Å²) in [5.74, 6) is 2.18. The molecule has 1 aliphatic heterocycles. The second kappa shape index (κ2) is 8.48. The first-order valence-electron chi connectivity index (χ1n) is 9.08. The second-order valence-corrected chi connectivity index (χ2v) is 6.81. The molecule has 5 heteroatoms. The summed E-state index contributed by atoms with van der Waals surface area (Å²) in [7, 11) is 0. The summed E-state index contributed by atoms with van der Waals surface area (Å²) in [6.45, 7) is 14.3.